The molecule has 0 N–H and O–H groups in total. The monoisotopic (exact) mass is 251 g/mol. The first-order valence-corrected chi connectivity index (χ1v) is 6.18. The van der Waals surface area contributed by atoms with Crippen molar-refractivity contribution in [2.45, 2.75) is 13.3 Å². The highest BCUT2D eigenvalue weighted by Gasteiger charge is 2.13. The van der Waals surface area contributed by atoms with Gasteiger partial charge in [-0.25, -0.2) is 4.98 Å². The van der Waals surface area contributed by atoms with E-state index in [4.69, 9.17) is 4.74 Å². The van der Waals surface area contributed by atoms with Crippen LogP contribution in [-0.4, -0.2) is 27.3 Å². The van der Waals surface area contributed by atoms with Crippen LogP contribution in [0, 0.1) is 0 Å². The van der Waals surface area contributed by atoms with Gasteiger partial charge >= 0.3 is 5.97 Å². The van der Waals surface area contributed by atoms with Crippen molar-refractivity contribution in [1.82, 2.24) is 14.8 Å². The molecule has 0 aliphatic rings. The molecule has 2 heterocycles. The number of aromatic nitrogens is 3. The lowest BCUT2D eigenvalue weighted by Crippen LogP contribution is -2.11. The Balaban J connectivity index is 2.17. The number of rotatable bonds is 4. The predicted molar refractivity (Wildman–Crippen MR) is 64.7 cm³/mol. The first-order valence-electron chi connectivity index (χ1n) is 5.30. The van der Waals surface area contributed by atoms with Gasteiger partial charge in [0.05, 0.1) is 11.5 Å². The van der Waals surface area contributed by atoms with Crippen LogP contribution in [0.15, 0.2) is 17.5 Å². The van der Waals surface area contributed by atoms with Crippen LogP contribution in [0.5, 0.6) is 0 Å². The second-order valence-corrected chi connectivity index (χ2v) is 4.38. The maximum Gasteiger partial charge on any atom is 0.313 e. The molecule has 17 heavy (non-hydrogen) atoms. The van der Waals surface area contributed by atoms with E-state index >= 15 is 0 Å². The molecule has 0 spiro atoms. The van der Waals surface area contributed by atoms with Gasteiger partial charge in [-0.2, -0.15) is 5.10 Å². The van der Waals surface area contributed by atoms with Crippen LogP contribution in [0.3, 0.4) is 0 Å². The summed E-state index contributed by atoms with van der Waals surface area (Å²) in [6, 6.07) is 3.90. The highest BCUT2D eigenvalue weighted by Crippen LogP contribution is 2.21. The van der Waals surface area contributed by atoms with Gasteiger partial charge in [-0.15, -0.1) is 11.3 Å². The molecule has 0 amide bonds. The average molecular weight is 251 g/mol. The van der Waals surface area contributed by atoms with E-state index in [1.165, 1.54) is 0 Å². The standard InChI is InChI=1S/C11H13N3O2S/c1-3-16-10(15)7-9-12-11(13-14(9)2)8-5-4-6-17-8/h4-6H,3,7H2,1-2H3. The third-order valence-electron chi connectivity index (χ3n) is 2.20. The first kappa shape index (κ1) is 11.8. The summed E-state index contributed by atoms with van der Waals surface area (Å²) in [5.74, 6) is 0.995. The van der Waals surface area contributed by atoms with Crippen molar-refractivity contribution < 1.29 is 9.53 Å². The molecule has 0 aromatic carbocycles. The average Bonchev–Trinajstić information content (AvgIpc) is 2.89. The molecule has 0 unspecified atom stereocenters. The van der Waals surface area contributed by atoms with Crippen LogP contribution in [0.2, 0.25) is 0 Å². The van der Waals surface area contributed by atoms with Crippen LogP contribution in [0.4, 0.5) is 0 Å². The van der Waals surface area contributed by atoms with Gasteiger partial charge in [-0.05, 0) is 18.4 Å². The van der Waals surface area contributed by atoms with E-state index in [1.54, 1.807) is 30.0 Å². The van der Waals surface area contributed by atoms with Crippen LogP contribution >= 0.6 is 11.3 Å². The van der Waals surface area contributed by atoms with Gasteiger partial charge in [0.1, 0.15) is 12.2 Å². The molecule has 0 bridgehead atoms. The smallest absolute Gasteiger partial charge is 0.313 e. The lowest BCUT2D eigenvalue weighted by Gasteiger charge is -1.99. The maximum absolute atomic E-state index is 11.4. The van der Waals surface area contributed by atoms with Crippen LogP contribution in [-0.2, 0) is 23.0 Å². The largest absolute Gasteiger partial charge is 0.466 e. The Morgan fingerprint density at radius 3 is 3.06 bits per heavy atom. The number of hydrogen-bond acceptors (Lipinski definition) is 5. The third kappa shape index (κ3) is 2.71. The van der Waals surface area contributed by atoms with Crippen LogP contribution in [0.1, 0.15) is 12.7 Å². The summed E-state index contributed by atoms with van der Waals surface area (Å²) in [6.45, 7) is 2.17. The van der Waals surface area contributed by atoms with E-state index in [1.807, 2.05) is 17.5 Å². The molecule has 0 aliphatic heterocycles. The second kappa shape index (κ2) is 5.09. The van der Waals surface area contributed by atoms with Gasteiger partial charge in [-0.3, -0.25) is 9.48 Å². The maximum atomic E-state index is 11.4. The molecule has 6 heteroatoms. The van der Waals surface area contributed by atoms with Gasteiger partial charge in [0, 0.05) is 7.05 Å². The predicted octanol–water partition coefficient (Wildman–Crippen LogP) is 1.65. The zero-order valence-corrected chi connectivity index (χ0v) is 10.5. The Labute approximate surface area is 103 Å². The topological polar surface area (TPSA) is 57.0 Å². The second-order valence-electron chi connectivity index (χ2n) is 3.43. The zero-order valence-electron chi connectivity index (χ0n) is 9.71. The fourth-order valence-corrected chi connectivity index (χ4v) is 2.07. The molecule has 2 aromatic rings. The molecular weight excluding hydrogens is 238 g/mol. The quantitative estimate of drug-likeness (QED) is 0.775. The minimum absolute atomic E-state index is 0.155. The van der Waals surface area contributed by atoms with E-state index in [-0.39, 0.29) is 12.4 Å². The van der Waals surface area contributed by atoms with Crippen LogP contribution < -0.4 is 0 Å². The van der Waals surface area contributed by atoms with Gasteiger partial charge in [-0.1, -0.05) is 6.07 Å². The van der Waals surface area contributed by atoms with E-state index < -0.39 is 0 Å². The lowest BCUT2D eigenvalue weighted by atomic mass is 10.4. The summed E-state index contributed by atoms with van der Waals surface area (Å²) >= 11 is 1.57. The molecule has 2 rings (SSSR count). The van der Waals surface area contributed by atoms with Crippen molar-refractivity contribution in [3.8, 4) is 10.7 Å². The van der Waals surface area contributed by atoms with E-state index in [0.29, 0.717) is 18.3 Å². The number of ether oxygens (including phenoxy) is 1. The first-order chi connectivity index (χ1) is 8.20. The van der Waals surface area contributed by atoms with E-state index in [0.717, 1.165) is 4.88 Å². The number of aryl methyl sites for hydroxylation is 1. The lowest BCUT2D eigenvalue weighted by molar-refractivity contribution is -0.142. The summed E-state index contributed by atoms with van der Waals surface area (Å²) < 4.78 is 6.50. The number of nitrogens with zero attached hydrogens (tertiary/aromatic N) is 3. The number of esters is 1. The molecular formula is C11H13N3O2S. The van der Waals surface area contributed by atoms with Crippen molar-refractivity contribution in [2.24, 2.45) is 7.05 Å². The Morgan fingerprint density at radius 1 is 1.59 bits per heavy atom. The minimum atomic E-state index is -0.277. The molecule has 0 radical (unpaired) electrons. The molecule has 90 valence electrons. The zero-order chi connectivity index (χ0) is 12.3. The van der Waals surface area contributed by atoms with E-state index in [2.05, 4.69) is 10.1 Å². The summed E-state index contributed by atoms with van der Waals surface area (Å²) in [5, 5.41) is 6.24. The Morgan fingerprint density at radius 2 is 2.41 bits per heavy atom. The van der Waals surface area contributed by atoms with Crippen molar-refractivity contribution in [3.05, 3.63) is 23.3 Å². The summed E-state index contributed by atoms with van der Waals surface area (Å²) in [6.07, 6.45) is 0.155. The van der Waals surface area contributed by atoms with Gasteiger partial charge in [0.2, 0.25) is 0 Å². The Kier molecular flexibility index (Phi) is 3.53. The van der Waals surface area contributed by atoms with Crippen molar-refractivity contribution in [2.75, 3.05) is 6.61 Å². The fourth-order valence-electron chi connectivity index (χ4n) is 1.42. The molecule has 0 saturated heterocycles. The molecule has 0 saturated carbocycles. The third-order valence-corrected chi connectivity index (χ3v) is 3.07. The van der Waals surface area contributed by atoms with Gasteiger partial charge in [0.15, 0.2) is 5.82 Å². The minimum Gasteiger partial charge on any atom is -0.466 e. The van der Waals surface area contributed by atoms with Crippen molar-refractivity contribution in [3.63, 3.8) is 0 Å². The molecule has 2 aromatic heterocycles. The number of hydrogen-bond donors (Lipinski definition) is 0. The SMILES string of the molecule is CCOC(=O)Cc1nc(-c2cccs2)nn1C. The molecule has 0 fully saturated rings. The highest BCUT2D eigenvalue weighted by atomic mass is 32.1. The Hall–Kier alpha value is -1.69. The molecule has 0 aliphatic carbocycles. The van der Waals surface area contributed by atoms with Gasteiger partial charge < -0.3 is 4.74 Å². The van der Waals surface area contributed by atoms with Crippen molar-refractivity contribution in [1.29, 1.82) is 0 Å². The molecule has 0 atom stereocenters. The summed E-state index contributed by atoms with van der Waals surface area (Å²) in [7, 11) is 1.78. The Bertz CT molecular complexity index is 505. The number of carbonyl (C=O) groups excluding carboxylic acids is 1. The molecule has 5 nitrogen and oxygen atoms in total. The number of carbonyl (C=O) groups is 1. The fraction of sp³-hybridized carbons (Fsp3) is 0.364. The van der Waals surface area contributed by atoms with Crippen molar-refractivity contribution >= 4 is 17.3 Å². The summed E-state index contributed by atoms with van der Waals surface area (Å²) in [4.78, 5) is 16.7. The van der Waals surface area contributed by atoms with E-state index in [9.17, 15) is 4.79 Å². The normalized spacial score (nSPS) is 10.5. The van der Waals surface area contributed by atoms with Gasteiger partial charge in [0.25, 0.3) is 0 Å². The number of thiophene rings is 1. The highest BCUT2D eigenvalue weighted by molar-refractivity contribution is 7.13. The summed E-state index contributed by atoms with van der Waals surface area (Å²) in [5.41, 5.74) is 0. The van der Waals surface area contributed by atoms with Crippen LogP contribution in [0.25, 0.3) is 10.7 Å².